The smallest absolute Gasteiger partial charge is 0.187 e. The van der Waals surface area contributed by atoms with Gasteiger partial charge in [0.25, 0.3) is 0 Å². The molecular weight excluding hydrogens is 724 g/mol. The summed E-state index contributed by atoms with van der Waals surface area (Å²) in [6, 6.07) is 0. The van der Waals surface area contributed by atoms with Gasteiger partial charge in [0.15, 0.2) is 18.9 Å². The molecule has 3 heterocycles. The Balaban J connectivity index is 1.08. The quantitative estimate of drug-likeness (QED) is 0.130. The van der Waals surface area contributed by atoms with Crippen LogP contribution in [-0.2, 0) is 28.4 Å². The van der Waals surface area contributed by atoms with E-state index in [4.69, 9.17) is 28.4 Å². The van der Waals surface area contributed by atoms with Crippen LogP contribution in [0.4, 0.5) is 0 Å². The lowest BCUT2D eigenvalue weighted by atomic mass is 9.47. The first-order valence-electron chi connectivity index (χ1n) is 20.3. The molecule has 0 amide bonds. The molecule has 3 saturated heterocycles. The van der Waals surface area contributed by atoms with Gasteiger partial charge in [0.05, 0.1) is 37.1 Å². The Labute approximate surface area is 322 Å². The van der Waals surface area contributed by atoms with Gasteiger partial charge in [-0.2, -0.15) is 0 Å². The van der Waals surface area contributed by atoms with E-state index in [1.807, 2.05) is 0 Å². The topological polar surface area (TPSA) is 258 Å². The Bertz CT molecular complexity index is 1370. The van der Waals surface area contributed by atoms with Crippen LogP contribution in [0.1, 0.15) is 79.6 Å². The molecule has 7 rings (SSSR count). The van der Waals surface area contributed by atoms with Gasteiger partial charge in [-0.1, -0.05) is 25.5 Å². The molecule has 0 bridgehead atoms. The molecule has 0 unspecified atom stereocenters. The van der Waals surface area contributed by atoms with Crippen molar-refractivity contribution in [2.75, 3.05) is 6.61 Å². The molecule has 3 aliphatic heterocycles. The molecule has 0 radical (unpaired) electrons. The molecule has 0 spiro atoms. The van der Waals surface area contributed by atoms with Crippen molar-refractivity contribution in [2.24, 2.45) is 34.5 Å². The third-order valence-corrected chi connectivity index (χ3v) is 15.0. The minimum absolute atomic E-state index is 0.101. The largest absolute Gasteiger partial charge is 0.393 e. The fraction of sp³-hybridized carbons (Fsp3) is 0.949. The molecule has 55 heavy (non-hydrogen) atoms. The van der Waals surface area contributed by atoms with E-state index in [-0.39, 0.29) is 16.7 Å². The van der Waals surface area contributed by atoms with Gasteiger partial charge in [0.1, 0.15) is 61.0 Å². The minimum Gasteiger partial charge on any atom is -0.393 e. The van der Waals surface area contributed by atoms with Crippen molar-refractivity contribution < 1.29 is 79.5 Å². The Morgan fingerprint density at radius 3 is 2.02 bits per heavy atom. The maximum absolute atomic E-state index is 11.5. The highest BCUT2D eigenvalue weighted by atomic mass is 16.8. The Morgan fingerprint density at radius 1 is 0.727 bits per heavy atom. The molecule has 24 atom stereocenters. The summed E-state index contributed by atoms with van der Waals surface area (Å²) in [5.41, 5.74) is 1.04. The van der Waals surface area contributed by atoms with Crippen LogP contribution < -0.4 is 0 Å². The zero-order valence-corrected chi connectivity index (χ0v) is 32.4. The Morgan fingerprint density at radius 2 is 1.36 bits per heavy atom. The Hall–Kier alpha value is -0.900. The van der Waals surface area contributed by atoms with Crippen LogP contribution in [0.25, 0.3) is 0 Å². The van der Waals surface area contributed by atoms with Crippen LogP contribution in [0.3, 0.4) is 0 Å². The molecule has 3 saturated carbocycles. The number of aliphatic hydroxyl groups is 10. The van der Waals surface area contributed by atoms with Crippen LogP contribution in [-0.4, -0.2) is 168 Å². The van der Waals surface area contributed by atoms with Gasteiger partial charge in [0, 0.05) is 5.92 Å². The summed E-state index contributed by atoms with van der Waals surface area (Å²) in [6.07, 6.45) is -14.9. The first-order chi connectivity index (χ1) is 25.9. The highest BCUT2D eigenvalue weighted by Crippen LogP contribution is 2.66. The zero-order valence-electron chi connectivity index (χ0n) is 32.4. The van der Waals surface area contributed by atoms with Gasteiger partial charge >= 0.3 is 0 Å². The fourth-order valence-corrected chi connectivity index (χ4v) is 11.8. The summed E-state index contributed by atoms with van der Waals surface area (Å²) < 4.78 is 35.8. The molecule has 0 aromatic carbocycles. The maximum atomic E-state index is 11.5. The van der Waals surface area contributed by atoms with Crippen molar-refractivity contribution in [3.63, 3.8) is 0 Å². The number of hydrogen-bond donors (Lipinski definition) is 10. The van der Waals surface area contributed by atoms with Crippen molar-refractivity contribution in [3.05, 3.63) is 11.6 Å². The third kappa shape index (κ3) is 7.38. The van der Waals surface area contributed by atoms with Crippen molar-refractivity contribution in [2.45, 2.75) is 190 Å². The summed E-state index contributed by atoms with van der Waals surface area (Å²) in [6.45, 7) is 8.94. The number of ether oxygens (including phenoxy) is 6. The van der Waals surface area contributed by atoms with Crippen LogP contribution in [0.15, 0.2) is 11.6 Å². The highest BCUT2D eigenvalue weighted by molar-refractivity contribution is 5.26. The molecule has 16 heteroatoms. The third-order valence-electron chi connectivity index (χ3n) is 15.0. The molecular formula is C39H64O16. The molecule has 316 valence electrons. The van der Waals surface area contributed by atoms with E-state index >= 15 is 0 Å². The van der Waals surface area contributed by atoms with Gasteiger partial charge in [-0.3, -0.25) is 0 Å². The average Bonchev–Trinajstić information content (AvgIpc) is 3.42. The Kier molecular flexibility index (Phi) is 12.2. The number of hydrogen-bond acceptors (Lipinski definition) is 16. The standard InChI is InChI=1S/C39H64O16/c1-15(40)25-23(41)13-22-20-7-6-18-12-19(8-10-38(18,4)21(20)9-11-39(22,25)5)53-37-34(55-36-33(49)30(46)27(43)17(3)52-36)31(47)28(44)24(54-37)14-50-35-32(48)29(45)26(42)16(2)51-35/h6,15-17,19-37,40-49H,7-14H2,1-5H3/t15-,16-,17-,19-,20+,21-,22-,23-,24+,25-,26-,27-,28+,29+,30+,31-,32+,33+,34+,35+,36-,37+,38-,39-/m0/s1. The summed E-state index contributed by atoms with van der Waals surface area (Å²) in [5, 5.41) is 107. The molecule has 0 aromatic heterocycles. The molecule has 7 aliphatic rings. The second-order valence-corrected chi connectivity index (χ2v) is 18.2. The van der Waals surface area contributed by atoms with Gasteiger partial charge in [-0.15, -0.1) is 0 Å². The van der Waals surface area contributed by atoms with E-state index in [1.165, 1.54) is 19.4 Å². The monoisotopic (exact) mass is 788 g/mol. The molecule has 16 nitrogen and oxygen atoms in total. The van der Waals surface area contributed by atoms with Crippen LogP contribution in [0.5, 0.6) is 0 Å². The minimum atomic E-state index is -1.70. The van der Waals surface area contributed by atoms with E-state index < -0.39 is 117 Å². The predicted octanol–water partition coefficient (Wildman–Crippen LogP) is -1.19. The van der Waals surface area contributed by atoms with E-state index in [0.29, 0.717) is 37.0 Å². The summed E-state index contributed by atoms with van der Waals surface area (Å²) in [5.74, 6) is 0.953. The van der Waals surface area contributed by atoms with Gasteiger partial charge in [-0.05, 0) is 94.3 Å². The van der Waals surface area contributed by atoms with E-state index in [9.17, 15) is 51.1 Å². The summed E-state index contributed by atoms with van der Waals surface area (Å²) in [4.78, 5) is 0. The second-order valence-electron chi connectivity index (χ2n) is 18.2. The molecule has 6 fully saturated rings. The van der Waals surface area contributed by atoms with Crippen LogP contribution in [0.2, 0.25) is 0 Å². The lowest BCUT2D eigenvalue weighted by molar-refractivity contribution is -0.374. The molecule has 4 aliphatic carbocycles. The van der Waals surface area contributed by atoms with E-state index in [2.05, 4.69) is 19.9 Å². The van der Waals surface area contributed by atoms with E-state index in [0.717, 1.165) is 25.7 Å². The van der Waals surface area contributed by atoms with Crippen molar-refractivity contribution >= 4 is 0 Å². The van der Waals surface area contributed by atoms with E-state index in [1.54, 1.807) is 6.92 Å². The first kappa shape index (κ1) is 42.2. The normalized spacial score (nSPS) is 56.2. The predicted molar refractivity (Wildman–Crippen MR) is 189 cm³/mol. The zero-order chi connectivity index (χ0) is 39.9. The van der Waals surface area contributed by atoms with Gasteiger partial charge < -0.3 is 79.5 Å². The summed E-state index contributed by atoms with van der Waals surface area (Å²) >= 11 is 0. The van der Waals surface area contributed by atoms with Crippen LogP contribution >= 0.6 is 0 Å². The highest BCUT2D eigenvalue weighted by Gasteiger charge is 2.62. The lowest BCUT2D eigenvalue weighted by Crippen LogP contribution is -2.65. The lowest BCUT2D eigenvalue weighted by Gasteiger charge is -2.58. The molecule has 10 N–H and O–H groups in total. The number of rotatable bonds is 8. The number of allylic oxidation sites excluding steroid dienone is 1. The fourth-order valence-electron chi connectivity index (χ4n) is 11.8. The second kappa shape index (κ2) is 15.9. The first-order valence-corrected chi connectivity index (χ1v) is 20.3. The number of fused-ring (bicyclic) bond motifs is 5. The number of aliphatic hydroxyl groups excluding tert-OH is 10. The summed E-state index contributed by atoms with van der Waals surface area (Å²) in [7, 11) is 0. The average molecular weight is 789 g/mol. The van der Waals surface area contributed by atoms with Crippen molar-refractivity contribution in [1.29, 1.82) is 0 Å². The molecule has 0 aromatic rings. The van der Waals surface area contributed by atoms with Crippen molar-refractivity contribution in [3.8, 4) is 0 Å². The van der Waals surface area contributed by atoms with Gasteiger partial charge in [-0.25, -0.2) is 0 Å². The van der Waals surface area contributed by atoms with Gasteiger partial charge in [0.2, 0.25) is 0 Å². The SMILES string of the molecule is C[C@H](O)[C@H]1[C@@H](O)C[C@H]2[C@@H]3CC=C4C[C@@H](O[C@@H]5O[C@H](CO[C@@H]6O[C@@H](C)[C@H](O)[C@@H](O)[C@H]6O)[C@@H](O)[C@H](O)[C@H]5O[C@@H]5O[C@@H](C)[C@H](O)[C@@H](O)[C@H]5O)CC[C@]4(C)[C@H]3CC[C@]12C. The van der Waals surface area contributed by atoms with Crippen molar-refractivity contribution in [1.82, 2.24) is 0 Å². The maximum Gasteiger partial charge on any atom is 0.187 e. The van der Waals surface area contributed by atoms with Crippen LogP contribution in [0, 0.1) is 34.5 Å².